The normalized spacial score (nSPS) is 9.73. The molecule has 11 heavy (non-hydrogen) atoms. The molecule has 1 aromatic carbocycles. The van der Waals surface area contributed by atoms with E-state index in [1.807, 2.05) is 0 Å². The van der Waals surface area contributed by atoms with Crippen molar-refractivity contribution < 1.29 is 4.74 Å². The highest BCUT2D eigenvalue weighted by molar-refractivity contribution is 7.80. The lowest BCUT2D eigenvalue weighted by Crippen LogP contribution is -1.89. The minimum atomic E-state index is 0.307. The molecule has 0 heterocycles. The lowest BCUT2D eigenvalue weighted by Gasteiger charge is -2.03. The Morgan fingerprint density at radius 2 is 2.09 bits per heavy atom. The Balaban J connectivity index is 2.90. The molecular weight excluding hydrogens is 203 g/mol. The van der Waals surface area contributed by atoms with Crippen molar-refractivity contribution in [2.45, 2.75) is 0 Å². The standard InChI is InChI=1S/C7H6Cl2OS/c8-5-1-2-7(10-4-11)6(9)3-5/h1-3,11H,4H2. The predicted octanol–water partition coefficient (Wildman–Crippen LogP) is 3.26. The summed E-state index contributed by atoms with van der Waals surface area (Å²) in [5, 5.41) is 1.10. The highest BCUT2D eigenvalue weighted by Crippen LogP contribution is 2.27. The van der Waals surface area contributed by atoms with Gasteiger partial charge in [-0.25, -0.2) is 0 Å². The van der Waals surface area contributed by atoms with E-state index in [-0.39, 0.29) is 0 Å². The third kappa shape index (κ3) is 2.47. The van der Waals surface area contributed by atoms with Crippen LogP contribution in [0.4, 0.5) is 0 Å². The van der Waals surface area contributed by atoms with Gasteiger partial charge in [0.1, 0.15) is 11.7 Å². The topological polar surface area (TPSA) is 9.23 Å². The van der Waals surface area contributed by atoms with E-state index in [4.69, 9.17) is 27.9 Å². The first-order chi connectivity index (χ1) is 5.24. The molecule has 0 amide bonds. The highest BCUT2D eigenvalue weighted by atomic mass is 35.5. The second kappa shape index (κ2) is 4.10. The Morgan fingerprint density at radius 3 is 2.64 bits per heavy atom. The van der Waals surface area contributed by atoms with Crippen molar-refractivity contribution in [1.29, 1.82) is 0 Å². The predicted molar refractivity (Wildman–Crippen MR) is 50.9 cm³/mol. The van der Waals surface area contributed by atoms with Gasteiger partial charge in [0.2, 0.25) is 0 Å². The molecule has 0 saturated carbocycles. The van der Waals surface area contributed by atoms with Crippen molar-refractivity contribution >= 4 is 35.8 Å². The van der Waals surface area contributed by atoms with Gasteiger partial charge in [-0.15, -0.1) is 12.6 Å². The van der Waals surface area contributed by atoms with Crippen molar-refractivity contribution in [3.63, 3.8) is 0 Å². The smallest absolute Gasteiger partial charge is 0.139 e. The zero-order valence-electron chi connectivity index (χ0n) is 5.55. The van der Waals surface area contributed by atoms with Crippen LogP contribution in [-0.2, 0) is 0 Å². The third-order valence-electron chi connectivity index (χ3n) is 1.11. The van der Waals surface area contributed by atoms with Crippen LogP contribution in [0.1, 0.15) is 0 Å². The first kappa shape index (κ1) is 9.04. The van der Waals surface area contributed by atoms with E-state index in [1.54, 1.807) is 18.2 Å². The Hall–Kier alpha value is -0.0500. The molecule has 0 saturated heterocycles. The van der Waals surface area contributed by atoms with Crippen LogP contribution >= 0.6 is 35.8 Å². The van der Waals surface area contributed by atoms with Crippen molar-refractivity contribution in [1.82, 2.24) is 0 Å². The van der Waals surface area contributed by atoms with E-state index >= 15 is 0 Å². The molecule has 0 radical (unpaired) electrons. The summed E-state index contributed by atoms with van der Waals surface area (Å²) in [4.78, 5) is 0. The number of rotatable bonds is 2. The van der Waals surface area contributed by atoms with Gasteiger partial charge in [-0.1, -0.05) is 23.2 Å². The van der Waals surface area contributed by atoms with Gasteiger partial charge >= 0.3 is 0 Å². The van der Waals surface area contributed by atoms with Gasteiger partial charge in [-0.05, 0) is 18.2 Å². The average molecular weight is 209 g/mol. The molecule has 0 unspecified atom stereocenters. The van der Waals surface area contributed by atoms with Crippen LogP contribution in [0.2, 0.25) is 10.0 Å². The van der Waals surface area contributed by atoms with E-state index < -0.39 is 0 Å². The maximum absolute atomic E-state index is 5.76. The second-order valence-electron chi connectivity index (χ2n) is 1.85. The van der Waals surface area contributed by atoms with Crippen LogP contribution < -0.4 is 4.74 Å². The van der Waals surface area contributed by atoms with Crippen LogP contribution in [0.25, 0.3) is 0 Å². The van der Waals surface area contributed by atoms with Gasteiger partial charge in [0.25, 0.3) is 0 Å². The molecule has 4 heteroatoms. The molecular formula is C7H6Cl2OS. The number of hydrogen-bond acceptors (Lipinski definition) is 2. The van der Waals surface area contributed by atoms with Crippen molar-refractivity contribution in [2.75, 3.05) is 5.94 Å². The maximum Gasteiger partial charge on any atom is 0.139 e. The lowest BCUT2D eigenvalue weighted by atomic mass is 10.3. The van der Waals surface area contributed by atoms with Crippen molar-refractivity contribution in [2.24, 2.45) is 0 Å². The fourth-order valence-corrected chi connectivity index (χ4v) is 1.26. The summed E-state index contributed by atoms with van der Waals surface area (Å²) in [7, 11) is 0. The van der Waals surface area contributed by atoms with Crippen LogP contribution in [0.15, 0.2) is 18.2 Å². The molecule has 1 aromatic rings. The monoisotopic (exact) mass is 208 g/mol. The SMILES string of the molecule is SCOc1ccc(Cl)cc1Cl. The molecule has 1 rings (SSSR count). The number of benzene rings is 1. The van der Waals surface area contributed by atoms with Crippen LogP contribution in [0.3, 0.4) is 0 Å². The average Bonchev–Trinajstić information content (AvgIpc) is 1.95. The van der Waals surface area contributed by atoms with Crippen molar-refractivity contribution in [3.05, 3.63) is 28.2 Å². The number of hydrogen-bond donors (Lipinski definition) is 1. The molecule has 0 spiro atoms. The van der Waals surface area contributed by atoms with Gasteiger partial charge in [-0.3, -0.25) is 0 Å². The molecule has 1 nitrogen and oxygen atoms in total. The first-order valence-corrected chi connectivity index (χ1v) is 4.31. The third-order valence-corrected chi connectivity index (χ3v) is 1.77. The molecule has 0 aromatic heterocycles. The van der Waals surface area contributed by atoms with E-state index in [9.17, 15) is 0 Å². The molecule has 60 valence electrons. The number of thiol groups is 1. The molecule has 0 fully saturated rings. The largest absolute Gasteiger partial charge is 0.482 e. The summed E-state index contributed by atoms with van der Waals surface area (Å²) in [5.74, 6) is 0.910. The minimum Gasteiger partial charge on any atom is -0.482 e. The number of ether oxygens (including phenoxy) is 1. The van der Waals surface area contributed by atoms with Gasteiger partial charge in [-0.2, -0.15) is 0 Å². The van der Waals surface area contributed by atoms with E-state index in [0.29, 0.717) is 21.7 Å². The van der Waals surface area contributed by atoms with E-state index in [1.165, 1.54) is 0 Å². The summed E-state index contributed by atoms with van der Waals surface area (Å²) in [6.07, 6.45) is 0. The zero-order valence-corrected chi connectivity index (χ0v) is 7.96. The van der Waals surface area contributed by atoms with Crippen LogP contribution in [0.5, 0.6) is 5.75 Å². The quantitative estimate of drug-likeness (QED) is 0.581. The summed E-state index contributed by atoms with van der Waals surface area (Å²) in [5.41, 5.74) is 0. The molecule has 0 bridgehead atoms. The fraction of sp³-hybridized carbons (Fsp3) is 0.143. The first-order valence-electron chi connectivity index (χ1n) is 2.93. The molecule has 0 aliphatic rings. The highest BCUT2D eigenvalue weighted by Gasteiger charge is 1.99. The summed E-state index contributed by atoms with van der Waals surface area (Å²) < 4.78 is 5.07. The van der Waals surface area contributed by atoms with Gasteiger partial charge in [0.15, 0.2) is 0 Å². The molecule has 0 atom stereocenters. The van der Waals surface area contributed by atoms with Gasteiger partial charge in [0, 0.05) is 5.02 Å². The Morgan fingerprint density at radius 1 is 1.36 bits per heavy atom. The van der Waals surface area contributed by atoms with Gasteiger partial charge in [0.05, 0.1) is 5.02 Å². The molecule has 0 aliphatic carbocycles. The Kier molecular flexibility index (Phi) is 3.37. The Bertz CT molecular complexity index is 252. The molecule has 0 N–H and O–H groups in total. The second-order valence-corrected chi connectivity index (χ2v) is 2.95. The van der Waals surface area contributed by atoms with Gasteiger partial charge < -0.3 is 4.74 Å². The lowest BCUT2D eigenvalue weighted by molar-refractivity contribution is 0.395. The molecule has 0 aliphatic heterocycles. The summed E-state index contributed by atoms with van der Waals surface area (Å²) in [6.45, 7) is 0. The van der Waals surface area contributed by atoms with E-state index in [2.05, 4.69) is 12.6 Å². The maximum atomic E-state index is 5.76. The zero-order chi connectivity index (χ0) is 8.27. The number of halogens is 2. The minimum absolute atomic E-state index is 0.307. The van der Waals surface area contributed by atoms with Crippen molar-refractivity contribution in [3.8, 4) is 5.75 Å². The fourth-order valence-electron chi connectivity index (χ4n) is 0.662. The van der Waals surface area contributed by atoms with E-state index in [0.717, 1.165) is 0 Å². The van der Waals surface area contributed by atoms with Crippen LogP contribution in [-0.4, -0.2) is 5.94 Å². The summed E-state index contributed by atoms with van der Waals surface area (Å²) in [6, 6.07) is 5.05. The summed E-state index contributed by atoms with van der Waals surface area (Å²) >= 11 is 15.3. The Labute approximate surface area is 80.7 Å². The van der Waals surface area contributed by atoms with Crippen LogP contribution in [0, 0.1) is 0 Å².